The summed E-state index contributed by atoms with van der Waals surface area (Å²) < 4.78 is 13.6. The monoisotopic (exact) mass is 438 g/mol. The number of amides is 1. The molecule has 2 unspecified atom stereocenters. The van der Waals surface area contributed by atoms with Crippen molar-refractivity contribution in [1.29, 1.82) is 0 Å². The summed E-state index contributed by atoms with van der Waals surface area (Å²) in [5.41, 5.74) is 2.12. The molecule has 0 aliphatic carbocycles. The Morgan fingerprint density at radius 2 is 1.81 bits per heavy atom. The summed E-state index contributed by atoms with van der Waals surface area (Å²) in [6, 6.07) is 17.1. The zero-order chi connectivity index (χ0) is 22.3. The zero-order valence-electron chi connectivity index (χ0n) is 19.0. The number of hydrogen-bond acceptors (Lipinski definition) is 4. The standard InChI is InChI=1S/C26H35FN4O/c1-29-13-15-30(16-14-29)20-25(22-8-3-2-4-9-22)28-26(32)23-10-6-12-31(19-23)18-21-7-5-11-24(27)17-21/h2-5,7-9,11,17,23,25H,6,10,12-16,18-20H2,1H3,(H,28,32). The van der Waals surface area contributed by atoms with Crippen LogP contribution in [0.2, 0.25) is 0 Å². The third kappa shape index (κ3) is 6.37. The molecule has 1 amide bonds. The molecule has 172 valence electrons. The number of halogens is 1. The first-order valence-electron chi connectivity index (χ1n) is 11.8. The van der Waals surface area contributed by atoms with Gasteiger partial charge in [0.25, 0.3) is 0 Å². The van der Waals surface area contributed by atoms with E-state index in [1.54, 1.807) is 12.1 Å². The summed E-state index contributed by atoms with van der Waals surface area (Å²) in [4.78, 5) is 20.4. The molecule has 0 saturated carbocycles. The van der Waals surface area contributed by atoms with E-state index >= 15 is 0 Å². The van der Waals surface area contributed by atoms with Gasteiger partial charge in [0.1, 0.15) is 5.82 Å². The number of likely N-dealkylation sites (N-methyl/N-ethyl adjacent to an activating group) is 1. The quantitative estimate of drug-likeness (QED) is 0.721. The Bertz CT molecular complexity index is 869. The zero-order valence-corrected chi connectivity index (χ0v) is 19.0. The van der Waals surface area contributed by atoms with Crippen LogP contribution >= 0.6 is 0 Å². The van der Waals surface area contributed by atoms with Gasteiger partial charge in [0, 0.05) is 45.8 Å². The first kappa shape index (κ1) is 22.9. The van der Waals surface area contributed by atoms with Crippen molar-refractivity contribution >= 4 is 5.91 Å². The maximum Gasteiger partial charge on any atom is 0.224 e. The van der Waals surface area contributed by atoms with Gasteiger partial charge in [0.05, 0.1) is 12.0 Å². The molecule has 1 N–H and O–H groups in total. The number of hydrogen-bond donors (Lipinski definition) is 1. The molecule has 2 aromatic rings. The van der Waals surface area contributed by atoms with Crippen molar-refractivity contribution in [3.63, 3.8) is 0 Å². The number of piperazine rings is 1. The van der Waals surface area contributed by atoms with Gasteiger partial charge in [-0.1, -0.05) is 42.5 Å². The number of likely N-dealkylation sites (tertiary alicyclic amines) is 1. The molecule has 0 radical (unpaired) electrons. The van der Waals surface area contributed by atoms with Crippen molar-refractivity contribution in [1.82, 2.24) is 20.0 Å². The SMILES string of the molecule is CN1CCN(CC(NC(=O)C2CCCN(Cc3cccc(F)c3)C2)c2ccccc2)CC1. The van der Waals surface area contributed by atoms with Crippen LogP contribution in [0.4, 0.5) is 4.39 Å². The van der Waals surface area contributed by atoms with Crippen LogP contribution in [0.15, 0.2) is 54.6 Å². The molecule has 0 aromatic heterocycles. The first-order valence-corrected chi connectivity index (χ1v) is 11.8. The van der Waals surface area contributed by atoms with E-state index in [1.807, 2.05) is 24.3 Å². The van der Waals surface area contributed by atoms with Gasteiger partial charge in [-0.2, -0.15) is 0 Å². The van der Waals surface area contributed by atoms with Crippen molar-refractivity contribution < 1.29 is 9.18 Å². The van der Waals surface area contributed by atoms with Crippen LogP contribution in [0.5, 0.6) is 0 Å². The Morgan fingerprint density at radius 1 is 1.03 bits per heavy atom. The number of carbonyl (C=O) groups excluding carboxylic acids is 1. The van der Waals surface area contributed by atoms with Gasteiger partial charge in [-0.05, 0) is 49.7 Å². The summed E-state index contributed by atoms with van der Waals surface area (Å²) in [7, 11) is 2.16. The molecule has 5 nitrogen and oxygen atoms in total. The van der Waals surface area contributed by atoms with Crippen molar-refractivity contribution in [2.45, 2.75) is 25.4 Å². The molecule has 2 saturated heterocycles. The van der Waals surface area contributed by atoms with E-state index < -0.39 is 0 Å². The van der Waals surface area contributed by atoms with Crippen molar-refractivity contribution in [3.05, 3.63) is 71.5 Å². The van der Waals surface area contributed by atoms with Crippen LogP contribution in [-0.4, -0.2) is 73.5 Å². The molecule has 4 rings (SSSR count). The van der Waals surface area contributed by atoms with E-state index in [1.165, 1.54) is 6.07 Å². The summed E-state index contributed by atoms with van der Waals surface area (Å²) in [5, 5.41) is 3.37. The Hall–Kier alpha value is -2.28. The minimum Gasteiger partial charge on any atom is -0.348 e. The van der Waals surface area contributed by atoms with Gasteiger partial charge >= 0.3 is 0 Å². The van der Waals surface area contributed by atoms with Crippen LogP contribution in [0.1, 0.15) is 30.0 Å². The fraction of sp³-hybridized carbons (Fsp3) is 0.500. The molecule has 2 atom stereocenters. The lowest BCUT2D eigenvalue weighted by Crippen LogP contribution is -2.49. The van der Waals surface area contributed by atoms with E-state index in [9.17, 15) is 9.18 Å². The number of carbonyl (C=O) groups is 1. The molecule has 2 heterocycles. The Labute approximate surface area is 191 Å². The topological polar surface area (TPSA) is 38.8 Å². The van der Waals surface area contributed by atoms with Crippen LogP contribution in [-0.2, 0) is 11.3 Å². The lowest BCUT2D eigenvalue weighted by atomic mass is 9.95. The van der Waals surface area contributed by atoms with Gasteiger partial charge in [0.15, 0.2) is 0 Å². The smallest absolute Gasteiger partial charge is 0.224 e. The fourth-order valence-corrected chi connectivity index (χ4v) is 4.80. The van der Waals surface area contributed by atoms with Crippen molar-refractivity contribution in [2.75, 3.05) is 52.9 Å². The highest BCUT2D eigenvalue weighted by molar-refractivity contribution is 5.79. The Kier molecular flexibility index (Phi) is 7.90. The number of piperidine rings is 1. The predicted molar refractivity (Wildman–Crippen MR) is 126 cm³/mol. The van der Waals surface area contributed by atoms with Gasteiger partial charge in [-0.25, -0.2) is 4.39 Å². The average molecular weight is 439 g/mol. The van der Waals surface area contributed by atoms with Crippen LogP contribution in [0.25, 0.3) is 0 Å². The summed E-state index contributed by atoms with van der Waals surface area (Å²) in [6.07, 6.45) is 1.89. The highest BCUT2D eigenvalue weighted by Gasteiger charge is 2.29. The minimum absolute atomic E-state index is 0.00861. The Morgan fingerprint density at radius 3 is 2.56 bits per heavy atom. The van der Waals surface area contributed by atoms with Crippen LogP contribution < -0.4 is 5.32 Å². The fourth-order valence-electron chi connectivity index (χ4n) is 4.80. The van der Waals surface area contributed by atoms with E-state index in [0.717, 1.165) is 69.8 Å². The second-order valence-electron chi connectivity index (χ2n) is 9.28. The molecular formula is C26H35FN4O. The molecular weight excluding hydrogens is 403 g/mol. The number of benzene rings is 2. The second-order valence-corrected chi connectivity index (χ2v) is 9.28. The molecule has 0 bridgehead atoms. The van der Waals surface area contributed by atoms with E-state index in [4.69, 9.17) is 0 Å². The van der Waals surface area contributed by atoms with Crippen LogP contribution in [0, 0.1) is 11.7 Å². The summed E-state index contributed by atoms with van der Waals surface area (Å²) in [6.45, 7) is 7.37. The first-order chi connectivity index (χ1) is 15.6. The van der Waals surface area contributed by atoms with Gasteiger partial charge in [0.2, 0.25) is 5.91 Å². The normalized spacial score (nSPS) is 21.9. The Balaban J connectivity index is 1.38. The molecule has 2 aliphatic rings. The van der Waals surface area contributed by atoms with Gasteiger partial charge in [-0.15, -0.1) is 0 Å². The third-order valence-electron chi connectivity index (χ3n) is 6.73. The maximum atomic E-state index is 13.6. The number of nitrogens with zero attached hydrogens (tertiary/aromatic N) is 3. The van der Waals surface area contributed by atoms with E-state index in [0.29, 0.717) is 6.54 Å². The largest absolute Gasteiger partial charge is 0.348 e. The van der Waals surface area contributed by atoms with Crippen molar-refractivity contribution in [3.8, 4) is 0 Å². The predicted octanol–water partition coefficient (Wildman–Crippen LogP) is 3.14. The maximum absolute atomic E-state index is 13.6. The molecule has 2 aromatic carbocycles. The lowest BCUT2D eigenvalue weighted by Gasteiger charge is -2.36. The van der Waals surface area contributed by atoms with E-state index in [2.05, 4.69) is 39.2 Å². The highest BCUT2D eigenvalue weighted by atomic mass is 19.1. The van der Waals surface area contributed by atoms with Crippen molar-refractivity contribution in [2.24, 2.45) is 5.92 Å². The average Bonchev–Trinajstić information content (AvgIpc) is 2.81. The molecule has 0 spiro atoms. The third-order valence-corrected chi connectivity index (χ3v) is 6.73. The molecule has 32 heavy (non-hydrogen) atoms. The number of rotatable bonds is 7. The lowest BCUT2D eigenvalue weighted by molar-refractivity contribution is -0.127. The van der Waals surface area contributed by atoms with Crippen LogP contribution in [0.3, 0.4) is 0 Å². The minimum atomic E-state index is -0.205. The number of nitrogens with one attached hydrogen (secondary N) is 1. The van der Waals surface area contributed by atoms with Gasteiger partial charge in [-0.3, -0.25) is 14.6 Å². The second kappa shape index (κ2) is 11.0. The van der Waals surface area contributed by atoms with Gasteiger partial charge < -0.3 is 10.2 Å². The van der Waals surface area contributed by atoms with E-state index in [-0.39, 0.29) is 23.7 Å². The molecule has 6 heteroatoms. The molecule has 2 aliphatic heterocycles. The summed E-state index contributed by atoms with van der Waals surface area (Å²) >= 11 is 0. The highest BCUT2D eigenvalue weighted by Crippen LogP contribution is 2.22. The molecule has 2 fully saturated rings. The summed E-state index contributed by atoms with van der Waals surface area (Å²) in [5.74, 6) is -0.101.